The predicted molar refractivity (Wildman–Crippen MR) is 214 cm³/mol. The standard InChI is InChI=1S/C45H33BN4/c46-32-23-21-31(22-24-32)45-47-43-39-27-25-37(49(33-13-5-1-6-14-33)34-15-7-2-8-16-34)29-41(39)42-30-38(26-28-40(42)44(43)48-45)50(35-17-9-3-10-18-35)36-19-11-4-12-20-36/h1-30H,46H2,(H,47,48). The van der Waals surface area contributed by atoms with Gasteiger partial charge in [-0.1, -0.05) is 115 Å². The van der Waals surface area contributed by atoms with E-state index in [-0.39, 0.29) is 0 Å². The van der Waals surface area contributed by atoms with Gasteiger partial charge in [-0.15, -0.1) is 0 Å². The summed E-state index contributed by atoms with van der Waals surface area (Å²) in [5.74, 6) is 0.868. The lowest BCUT2D eigenvalue weighted by Gasteiger charge is -2.27. The van der Waals surface area contributed by atoms with Gasteiger partial charge in [0.15, 0.2) is 0 Å². The third-order valence-electron chi connectivity index (χ3n) is 9.42. The summed E-state index contributed by atoms with van der Waals surface area (Å²) >= 11 is 0. The van der Waals surface area contributed by atoms with E-state index in [1.54, 1.807) is 0 Å². The number of fused-ring (bicyclic) bond motifs is 6. The third-order valence-corrected chi connectivity index (χ3v) is 9.42. The smallest absolute Gasteiger partial charge is 0.139 e. The van der Waals surface area contributed by atoms with Gasteiger partial charge in [0.05, 0.1) is 11.0 Å². The van der Waals surface area contributed by atoms with E-state index in [9.17, 15) is 0 Å². The molecular weight excluding hydrogens is 607 g/mol. The predicted octanol–water partition coefficient (Wildman–Crippen LogP) is 10.7. The SMILES string of the molecule is Bc1ccc(-c2nc3c4ccc(N(c5ccccc5)c5ccccc5)cc4c4cc(N(c5ccccc5)c5ccccc5)ccc4c3[nH]2)cc1. The Morgan fingerprint density at radius 2 is 0.820 bits per heavy atom. The zero-order valence-corrected chi connectivity index (χ0v) is 27.7. The van der Waals surface area contributed by atoms with E-state index in [1.807, 2.05) is 0 Å². The molecule has 0 aliphatic heterocycles. The van der Waals surface area contributed by atoms with E-state index >= 15 is 0 Å². The van der Waals surface area contributed by atoms with Crippen LogP contribution < -0.4 is 15.3 Å². The van der Waals surface area contributed by atoms with Gasteiger partial charge in [0.2, 0.25) is 0 Å². The molecule has 50 heavy (non-hydrogen) atoms. The summed E-state index contributed by atoms with van der Waals surface area (Å²) in [4.78, 5) is 13.6. The van der Waals surface area contributed by atoms with Crippen LogP contribution in [0.3, 0.4) is 0 Å². The minimum Gasteiger partial charge on any atom is -0.337 e. The minimum atomic E-state index is 0.868. The second-order valence-electron chi connectivity index (χ2n) is 12.6. The highest BCUT2D eigenvalue weighted by Crippen LogP contribution is 2.43. The summed E-state index contributed by atoms with van der Waals surface area (Å²) < 4.78 is 0. The van der Waals surface area contributed by atoms with E-state index in [0.29, 0.717) is 0 Å². The van der Waals surface area contributed by atoms with Crippen molar-refractivity contribution < 1.29 is 0 Å². The van der Waals surface area contributed by atoms with Crippen LogP contribution in [-0.4, -0.2) is 17.8 Å². The number of hydrogen-bond donors (Lipinski definition) is 1. The fourth-order valence-electron chi connectivity index (χ4n) is 7.03. The van der Waals surface area contributed by atoms with Gasteiger partial charge in [0.1, 0.15) is 13.7 Å². The Morgan fingerprint density at radius 1 is 0.400 bits per heavy atom. The first-order valence-electron chi connectivity index (χ1n) is 17.0. The highest BCUT2D eigenvalue weighted by Gasteiger charge is 2.20. The molecule has 8 aromatic carbocycles. The van der Waals surface area contributed by atoms with Crippen LogP contribution in [0.5, 0.6) is 0 Å². The number of hydrogen-bond acceptors (Lipinski definition) is 3. The fraction of sp³-hybridized carbons (Fsp3) is 0. The van der Waals surface area contributed by atoms with Crippen LogP contribution in [0.25, 0.3) is 44.0 Å². The van der Waals surface area contributed by atoms with Crippen molar-refractivity contribution >= 4 is 80.0 Å². The van der Waals surface area contributed by atoms with E-state index in [2.05, 4.69) is 205 Å². The number of aromatic amines is 1. The molecule has 4 nitrogen and oxygen atoms in total. The zero-order chi connectivity index (χ0) is 33.4. The molecule has 9 rings (SSSR count). The topological polar surface area (TPSA) is 35.2 Å². The summed E-state index contributed by atoms with van der Waals surface area (Å²) in [7, 11) is 2.11. The largest absolute Gasteiger partial charge is 0.337 e. The number of rotatable bonds is 7. The van der Waals surface area contributed by atoms with E-state index in [1.165, 1.54) is 5.46 Å². The molecule has 0 saturated carbocycles. The van der Waals surface area contributed by atoms with Gasteiger partial charge < -0.3 is 14.8 Å². The molecule has 1 aromatic heterocycles. The third kappa shape index (κ3) is 5.26. The van der Waals surface area contributed by atoms with Crippen molar-refractivity contribution in [1.29, 1.82) is 0 Å². The summed E-state index contributed by atoms with van der Waals surface area (Å²) in [6.07, 6.45) is 0. The first kappa shape index (κ1) is 29.5. The molecule has 9 aromatic rings. The van der Waals surface area contributed by atoms with Crippen molar-refractivity contribution in [3.63, 3.8) is 0 Å². The molecule has 0 aliphatic rings. The van der Waals surface area contributed by atoms with Gasteiger partial charge >= 0.3 is 0 Å². The molecule has 0 unspecified atom stereocenters. The Kier molecular flexibility index (Phi) is 7.36. The zero-order valence-electron chi connectivity index (χ0n) is 27.7. The van der Waals surface area contributed by atoms with E-state index in [0.717, 1.165) is 78.1 Å². The van der Waals surface area contributed by atoms with Crippen molar-refractivity contribution in [1.82, 2.24) is 9.97 Å². The van der Waals surface area contributed by atoms with Gasteiger partial charge in [0, 0.05) is 50.5 Å². The molecule has 5 heteroatoms. The van der Waals surface area contributed by atoms with E-state index in [4.69, 9.17) is 4.98 Å². The maximum atomic E-state index is 5.25. The van der Waals surface area contributed by atoms with Crippen molar-refractivity contribution in [2.24, 2.45) is 0 Å². The van der Waals surface area contributed by atoms with Gasteiger partial charge in [-0.05, 0) is 83.6 Å². The Bertz CT molecular complexity index is 2350. The number of nitrogens with zero attached hydrogens (tertiary/aromatic N) is 3. The fourth-order valence-corrected chi connectivity index (χ4v) is 7.03. The second-order valence-corrected chi connectivity index (χ2v) is 12.6. The summed E-state index contributed by atoms with van der Waals surface area (Å²) in [6.45, 7) is 0. The van der Waals surface area contributed by atoms with Crippen molar-refractivity contribution in [2.75, 3.05) is 9.80 Å². The van der Waals surface area contributed by atoms with Crippen LogP contribution in [0.4, 0.5) is 34.1 Å². The normalized spacial score (nSPS) is 11.3. The van der Waals surface area contributed by atoms with Crippen LogP contribution in [0.1, 0.15) is 0 Å². The average molecular weight is 641 g/mol. The molecule has 0 fully saturated rings. The first-order valence-corrected chi connectivity index (χ1v) is 17.0. The molecular formula is C45H33BN4. The Hall–Kier alpha value is -6.59. The minimum absolute atomic E-state index is 0.868. The number of imidazole rings is 1. The van der Waals surface area contributed by atoms with Crippen LogP contribution in [0.2, 0.25) is 0 Å². The van der Waals surface area contributed by atoms with Gasteiger partial charge in [0.25, 0.3) is 0 Å². The summed E-state index contributed by atoms with van der Waals surface area (Å²) in [5, 5.41) is 4.54. The van der Waals surface area contributed by atoms with Gasteiger partial charge in [-0.2, -0.15) is 0 Å². The molecule has 0 bridgehead atoms. The van der Waals surface area contributed by atoms with Crippen LogP contribution in [0.15, 0.2) is 182 Å². The van der Waals surface area contributed by atoms with Crippen molar-refractivity contribution in [3.8, 4) is 11.4 Å². The Labute approximate surface area is 292 Å². The Morgan fingerprint density at radius 3 is 1.28 bits per heavy atom. The number of para-hydroxylation sites is 4. The lowest BCUT2D eigenvalue weighted by Crippen LogP contribution is -2.10. The van der Waals surface area contributed by atoms with Crippen LogP contribution >= 0.6 is 0 Å². The van der Waals surface area contributed by atoms with Gasteiger partial charge in [-0.25, -0.2) is 4.98 Å². The molecule has 0 saturated heterocycles. The number of anilines is 6. The molecule has 1 heterocycles. The molecule has 0 aliphatic carbocycles. The van der Waals surface area contributed by atoms with Gasteiger partial charge in [-0.3, -0.25) is 0 Å². The highest BCUT2D eigenvalue weighted by molar-refractivity contribution is 6.32. The van der Waals surface area contributed by atoms with Crippen molar-refractivity contribution in [2.45, 2.75) is 0 Å². The molecule has 0 amide bonds. The molecule has 0 spiro atoms. The maximum absolute atomic E-state index is 5.25. The van der Waals surface area contributed by atoms with E-state index < -0.39 is 0 Å². The van der Waals surface area contributed by atoms with Crippen LogP contribution in [0, 0.1) is 0 Å². The summed E-state index contributed by atoms with van der Waals surface area (Å²) in [6, 6.07) is 64.5. The number of nitrogens with one attached hydrogen (secondary N) is 1. The lowest BCUT2D eigenvalue weighted by molar-refractivity contribution is 1.29. The molecule has 0 radical (unpaired) electrons. The molecule has 236 valence electrons. The first-order chi connectivity index (χ1) is 24.7. The van der Waals surface area contributed by atoms with Crippen LogP contribution in [-0.2, 0) is 0 Å². The molecule has 0 atom stereocenters. The highest BCUT2D eigenvalue weighted by atomic mass is 15.1. The average Bonchev–Trinajstić information content (AvgIpc) is 3.63. The number of benzene rings is 8. The lowest BCUT2D eigenvalue weighted by atomic mass is 9.95. The maximum Gasteiger partial charge on any atom is 0.139 e. The second kappa shape index (κ2) is 12.5. The van der Waals surface area contributed by atoms with Crippen molar-refractivity contribution in [3.05, 3.63) is 182 Å². The summed E-state index contributed by atoms with van der Waals surface area (Å²) in [5.41, 5.74) is 10.9. The number of H-pyrrole nitrogens is 1. The number of aromatic nitrogens is 2. The Balaban J connectivity index is 1.33. The monoisotopic (exact) mass is 640 g/mol. The quantitative estimate of drug-likeness (QED) is 0.139. The molecule has 1 N–H and O–H groups in total.